The van der Waals surface area contributed by atoms with Crippen molar-refractivity contribution in [2.45, 2.75) is 46.6 Å². The van der Waals surface area contributed by atoms with Crippen molar-refractivity contribution in [1.82, 2.24) is 5.32 Å². The van der Waals surface area contributed by atoms with Gasteiger partial charge in [0.1, 0.15) is 0 Å². The third-order valence-corrected chi connectivity index (χ3v) is 4.17. The number of hydrogen-bond acceptors (Lipinski definition) is 2. The third kappa shape index (κ3) is 3.80. The van der Waals surface area contributed by atoms with Gasteiger partial charge in [-0.15, -0.1) is 0 Å². The highest BCUT2D eigenvalue weighted by Crippen LogP contribution is 2.31. The van der Waals surface area contributed by atoms with Gasteiger partial charge in [0, 0.05) is 6.04 Å². The Balaban J connectivity index is 3.19. The van der Waals surface area contributed by atoms with E-state index in [4.69, 9.17) is 5.73 Å². The first-order valence-corrected chi connectivity index (χ1v) is 7.40. The lowest BCUT2D eigenvalue weighted by Gasteiger charge is -2.31. The van der Waals surface area contributed by atoms with Crippen LogP contribution in [0.25, 0.3) is 0 Å². The lowest BCUT2D eigenvalue weighted by Crippen LogP contribution is -2.34. The first-order valence-electron chi connectivity index (χ1n) is 7.40. The number of aryl methyl sites for hydroxylation is 1. The summed E-state index contributed by atoms with van der Waals surface area (Å²) < 4.78 is 0. The predicted octanol–water partition coefficient (Wildman–Crippen LogP) is 3.61. The van der Waals surface area contributed by atoms with Gasteiger partial charge in [-0.2, -0.15) is 0 Å². The Bertz CT molecular complexity index is 396. The maximum atomic E-state index is 6.00. The normalized spacial score (nSPS) is 15.0. The van der Waals surface area contributed by atoms with Gasteiger partial charge in [-0.05, 0) is 55.0 Å². The molecule has 0 aliphatic carbocycles. The van der Waals surface area contributed by atoms with Gasteiger partial charge < -0.3 is 11.1 Å². The molecule has 0 saturated heterocycles. The van der Waals surface area contributed by atoms with Crippen LogP contribution < -0.4 is 11.1 Å². The molecule has 0 aromatic heterocycles. The molecule has 0 spiro atoms. The Hall–Kier alpha value is -0.860. The molecule has 2 atom stereocenters. The molecule has 19 heavy (non-hydrogen) atoms. The van der Waals surface area contributed by atoms with Gasteiger partial charge in [-0.3, -0.25) is 0 Å². The van der Waals surface area contributed by atoms with Crippen LogP contribution in [-0.2, 0) is 0 Å². The van der Waals surface area contributed by atoms with E-state index in [2.05, 4.69) is 58.1 Å². The van der Waals surface area contributed by atoms with Crippen LogP contribution >= 0.6 is 0 Å². The van der Waals surface area contributed by atoms with Crippen LogP contribution in [0.2, 0.25) is 0 Å². The molecule has 2 unspecified atom stereocenters. The lowest BCUT2D eigenvalue weighted by molar-refractivity contribution is 0.298. The molecule has 108 valence electrons. The molecule has 0 radical (unpaired) electrons. The summed E-state index contributed by atoms with van der Waals surface area (Å²) in [5.74, 6) is 1.60. The van der Waals surface area contributed by atoms with Crippen molar-refractivity contribution in [1.29, 1.82) is 0 Å². The summed E-state index contributed by atoms with van der Waals surface area (Å²) in [5.41, 5.74) is 10.1. The summed E-state index contributed by atoms with van der Waals surface area (Å²) in [5, 5.41) is 3.48. The number of nitrogens with one attached hydrogen (secondary N) is 1. The van der Waals surface area contributed by atoms with Crippen LogP contribution in [-0.4, -0.2) is 13.6 Å². The molecular weight excluding hydrogens is 232 g/mol. The second kappa shape index (κ2) is 7.06. The summed E-state index contributed by atoms with van der Waals surface area (Å²) in [6.45, 7) is 11.9. The summed E-state index contributed by atoms with van der Waals surface area (Å²) in [4.78, 5) is 0. The topological polar surface area (TPSA) is 38.0 Å². The molecule has 2 heteroatoms. The molecule has 3 N–H and O–H groups in total. The van der Waals surface area contributed by atoms with Gasteiger partial charge in [0.15, 0.2) is 0 Å². The van der Waals surface area contributed by atoms with Crippen LogP contribution in [0, 0.1) is 18.8 Å². The predicted molar refractivity (Wildman–Crippen MR) is 84.5 cm³/mol. The van der Waals surface area contributed by atoms with Crippen molar-refractivity contribution in [2.24, 2.45) is 17.6 Å². The molecule has 1 aromatic carbocycles. The molecule has 0 heterocycles. The summed E-state index contributed by atoms with van der Waals surface area (Å²) >= 11 is 0. The quantitative estimate of drug-likeness (QED) is 0.822. The monoisotopic (exact) mass is 262 g/mol. The maximum absolute atomic E-state index is 6.00. The second-order valence-electron chi connectivity index (χ2n) is 6.18. The number of nitrogens with two attached hydrogens (primary N) is 1. The Morgan fingerprint density at radius 1 is 1.16 bits per heavy atom. The van der Waals surface area contributed by atoms with Crippen LogP contribution in [0.15, 0.2) is 18.2 Å². The van der Waals surface area contributed by atoms with E-state index >= 15 is 0 Å². The van der Waals surface area contributed by atoms with E-state index in [0.717, 1.165) is 0 Å². The van der Waals surface area contributed by atoms with Crippen LogP contribution in [0.4, 0.5) is 0 Å². The first kappa shape index (κ1) is 16.2. The summed E-state index contributed by atoms with van der Waals surface area (Å²) in [7, 11) is 2.04. The van der Waals surface area contributed by atoms with Gasteiger partial charge in [-0.1, -0.05) is 45.9 Å². The Kier molecular flexibility index (Phi) is 6.02. The van der Waals surface area contributed by atoms with Crippen molar-refractivity contribution in [3.63, 3.8) is 0 Å². The largest absolute Gasteiger partial charge is 0.330 e. The van der Waals surface area contributed by atoms with E-state index in [0.29, 0.717) is 30.3 Å². The van der Waals surface area contributed by atoms with Gasteiger partial charge >= 0.3 is 0 Å². The maximum Gasteiger partial charge on any atom is 0.0363 e. The average molecular weight is 262 g/mol. The number of hydrogen-bond donors (Lipinski definition) is 2. The molecule has 0 aliphatic heterocycles. The first-order chi connectivity index (χ1) is 8.92. The van der Waals surface area contributed by atoms with Crippen molar-refractivity contribution in [3.8, 4) is 0 Å². The second-order valence-corrected chi connectivity index (χ2v) is 6.18. The van der Waals surface area contributed by atoms with Crippen molar-refractivity contribution in [2.75, 3.05) is 13.6 Å². The fourth-order valence-electron chi connectivity index (χ4n) is 2.75. The van der Waals surface area contributed by atoms with Gasteiger partial charge in [0.25, 0.3) is 0 Å². The minimum Gasteiger partial charge on any atom is -0.330 e. The zero-order chi connectivity index (χ0) is 14.6. The van der Waals surface area contributed by atoms with Crippen molar-refractivity contribution in [3.05, 3.63) is 34.9 Å². The van der Waals surface area contributed by atoms with E-state index in [1.54, 1.807) is 0 Å². The minimum atomic E-state index is 0.337. The molecule has 0 bridgehead atoms. The van der Waals surface area contributed by atoms with E-state index < -0.39 is 0 Å². The summed E-state index contributed by atoms with van der Waals surface area (Å²) in [6.07, 6.45) is 0. The molecule has 1 rings (SSSR count). The highest BCUT2D eigenvalue weighted by atomic mass is 14.9. The molecule has 1 aromatic rings. The fourth-order valence-corrected chi connectivity index (χ4v) is 2.75. The zero-order valence-electron chi connectivity index (χ0n) is 13.3. The molecule has 0 aliphatic rings. The smallest absolute Gasteiger partial charge is 0.0363 e. The van der Waals surface area contributed by atoms with Crippen LogP contribution in [0.1, 0.15) is 56.3 Å². The zero-order valence-corrected chi connectivity index (χ0v) is 13.3. The van der Waals surface area contributed by atoms with Crippen molar-refractivity contribution < 1.29 is 0 Å². The number of rotatable bonds is 6. The number of benzene rings is 1. The summed E-state index contributed by atoms with van der Waals surface area (Å²) in [6, 6.07) is 7.17. The fraction of sp³-hybridized carbons (Fsp3) is 0.647. The van der Waals surface area contributed by atoms with Crippen LogP contribution in [0.3, 0.4) is 0 Å². The molecule has 2 nitrogen and oxygen atoms in total. The van der Waals surface area contributed by atoms with E-state index in [9.17, 15) is 0 Å². The van der Waals surface area contributed by atoms with Gasteiger partial charge in [0.05, 0.1) is 0 Å². The average Bonchev–Trinajstić information content (AvgIpc) is 2.36. The Labute approximate surface area is 118 Å². The van der Waals surface area contributed by atoms with Crippen molar-refractivity contribution >= 4 is 0 Å². The third-order valence-electron chi connectivity index (χ3n) is 4.17. The lowest BCUT2D eigenvalue weighted by atomic mass is 9.82. The van der Waals surface area contributed by atoms with E-state index in [-0.39, 0.29) is 0 Å². The van der Waals surface area contributed by atoms with Crippen LogP contribution in [0.5, 0.6) is 0 Å². The van der Waals surface area contributed by atoms with Gasteiger partial charge in [-0.25, -0.2) is 0 Å². The Morgan fingerprint density at radius 3 is 2.21 bits per heavy atom. The molecular formula is C17H30N2. The standard InChI is InChI=1S/C17H30N2/c1-11(2)14-8-7-13(5)15(9-14)17(19-6)16(10-18)12(3)4/h7-9,11-12,16-17,19H,10,18H2,1-6H3. The molecule has 0 saturated carbocycles. The molecule has 0 fully saturated rings. The Morgan fingerprint density at radius 2 is 1.79 bits per heavy atom. The van der Waals surface area contributed by atoms with E-state index in [1.807, 2.05) is 7.05 Å². The minimum absolute atomic E-state index is 0.337. The highest BCUT2D eigenvalue weighted by molar-refractivity contribution is 5.35. The highest BCUT2D eigenvalue weighted by Gasteiger charge is 2.25. The van der Waals surface area contributed by atoms with E-state index in [1.165, 1.54) is 16.7 Å². The molecule has 0 amide bonds. The van der Waals surface area contributed by atoms with Gasteiger partial charge in [0.2, 0.25) is 0 Å². The SMILES string of the molecule is CNC(c1cc(C(C)C)ccc1C)C(CN)C(C)C.